The van der Waals surface area contributed by atoms with Crippen molar-refractivity contribution in [1.29, 1.82) is 0 Å². The number of nitrogens with zero attached hydrogens (tertiary/aromatic N) is 1. The third-order valence-electron chi connectivity index (χ3n) is 3.18. The Morgan fingerprint density at radius 1 is 1.48 bits per heavy atom. The number of hydrogen-bond donors (Lipinski definition) is 2. The number of carbonyl (C=O) groups excluding carboxylic acids is 1. The maximum atomic E-state index is 12.2. The smallest absolute Gasteiger partial charge is 0.326 e. The van der Waals surface area contributed by atoms with Gasteiger partial charge in [-0.15, -0.1) is 0 Å². The van der Waals surface area contributed by atoms with Gasteiger partial charge in [0.25, 0.3) is 5.91 Å². The molecule has 1 atom stereocenters. The number of likely N-dealkylation sites (tertiary alicyclic amines) is 1. The lowest BCUT2D eigenvalue weighted by atomic mass is 10.2. The zero-order valence-corrected chi connectivity index (χ0v) is 12.2. The molecule has 2 heterocycles. The van der Waals surface area contributed by atoms with Crippen molar-refractivity contribution in [1.82, 2.24) is 9.62 Å². The summed E-state index contributed by atoms with van der Waals surface area (Å²) in [4.78, 5) is 24.5. The van der Waals surface area contributed by atoms with E-state index in [9.17, 15) is 18.0 Å². The maximum absolute atomic E-state index is 12.2. The van der Waals surface area contributed by atoms with E-state index in [1.165, 1.54) is 17.0 Å². The fourth-order valence-corrected chi connectivity index (χ4v) is 2.60. The number of rotatable bonds is 5. The summed E-state index contributed by atoms with van der Waals surface area (Å²) in [5, 5.41) is 9.06. The molecule has 1 aliphatic heterocycles. The average Bonchev–Trinajstić information content (AvgIpc) is 3.04. The average molecular weight is 316 g/mol. The number of amides is 1. The molecular weight excluding hydrogens is 300 g/mol. The van der Waals surface area contributed by atoms with Gasteiger partial charge >= 0.3 is 5.97 Å². The SMILES string of the molecule is CS(=O)(=O)NCc1ccc(C(=O)N2CCCC2C(=O)O)o1. The van der Waals surface area contributed by atoms with Gasteiger partial charge in [-0.2, -0.15) is 0 Å². The molecule has 0 aliphatic carbocycles. The second kappa shape index (κ2) is 5.86. The highest BCUT2D eigenvalue weighted by Crippen LogP contribution is 2.21. The van der Waals surface area contributed by atoms with Crippen molar-refractivity contribution in [3.05, 3.63) is 23.7 Å². The molecule has 1 fully saturated rings. The molecule has 1 aromatic heterocycles. The van der Waals surface area contributed by atoms with Crippen LogP contribution in [-0.4, -0.2) is 49.1 Å². The number of carboxylic acid groups (broad SMARTS) is 1. The minimum absolute atomic E-state index is 0.00783. The lowest BCUT2D eigenvalue weighted by Gasteiger charge is -2.19. The van der Waals surface area contributed by atoms with Crippen LogP contribution in [0.2, 0.25) is 0 Å². The van der Waals surface area contributed by atoms with Gasteiger partial charge in [0.15, 0.2) is 5.76 Å². The van der Waals surface area contributed by atoms with Crippen molar-refractivity contribution in [2.24, 2.45) is 0 Å². The Morgan fingerprint density at radius 3 is 2.81 bits per heavy atom. The van der Waals surface area contributed by atoms with Gasteiger partial charge in [-0.25, -0.2) is 17.9 Å². The summed E-state index contributed by atoms with van der Waals surface area (Å²) < 4.78 is 29.5. The third-order valence-corrected chi connectivity index (χ3v) is 3.85. The van der Waals surface area contributed by atoms with E-state index in [1.54, 1.807) is 0 Å². The highest BCUT2D eigenvalue weighted by atomic mass is 32.2. The second-order valence-electron chi connectivity index (χ2n) is 4.85. The number of hydrogen-bond acceptors (Lipinski definition) is 5. The Balaban J connectivity index is 2.07. The highest BCUT2D eigenvalue weighted by Gasteiger charge is 2.35. The molecule has 0 spiro atoms. The van der Waals surface area contributed by atoms with E-state index < -0.39 is 27.9 Å². The highest BCUT2D eigenvalue weighted by molar-refractivity contribution is 7.88. The normalized spacial score (nSPS) is 18.9. The standard InChI is InChI=1S/C12H16N2O6S/c1-21(18,19)13-7-8-4-5-10(20-8)11(15)14-6-2-3-9(14)12(16)17/h4-5,9,13H,2-3,6-7H2,1H3,(H,16,17). The van der Waals surface area contributed by atoms with E-state index in [0.717, 1.165) is 6.26 Å². The number of carboxylic acids is 1. The molecule has 0 bridgehead atoms. The van der Waals surface area contributed by atoms with E-state index in [0.29, 0.717) is 19.4 Å². The number of nitrogens with one attached hydrogen (secondary N) is 1. The van der Waals surface area contributed by atoms with Gasteiger partial charge in [-0.05, 0) is 25.0 Å². The molecule has 1 amide bonds. The van der Waals surface area contributed by atoms with Crippen LogP contribution in [0.25, 0.3) is 0 Å². The maximum Gasteiger partial charge on any atom is 0.326 e. The van der Waals surface area contributed by atoms with E-state index in [2.05, 4.69) is 4.72 Å². The molecule has 1 aromatic rings. The molecule has 1 aliphatic rings. The van der Waals surface area contributed by atoms with E-state index in [-0.39, 0.29) is 18.1 Å². The molecule has 1 saturated heterocycles. The Hall–Kier alpha value is -1.87. The van der Waals surface area contributed by atoms with Gasteiger partial charge in [0.05, 0.1) is 12.8 Å². The Kier molecular flexibility index (Phi) is 4.33. The summed E-state index contributed by atoms with van der Waals surface area (Å²) in [5.41, 5.74) is 0. The van der Waals surface area contributed by atoms with Crippen LogP contribution in [0.1, 0.15) is 29.2 Å². The van der Waals surface area contributed by atoms with E-state index >= 15 is 0 Å². The summed E-state index contributed by atoms with van der Waals surface area (Å²) in [6.45, 7) is 0.307. The first-order valence-corrected chi connectivity index (χ1v) is 8.24. The largest absolute Gasteiger partial charge is 0.480 e. The summed E-state index contributed by atoms with van der Waals surface area (Å²) in [6.07, 6.45) is 2.07. The first kappa shape index (κ1) is 15.5. The number of sulfonamides is 1. The van der Waals surface area contributed by atoms with Crippen LogP contribution in [0.3, 0.4) is 0 Å². The van der Waals surface area contributed by atoms with Crippen LogP contribution in [0.4, 0.5) is 0 Å². The quantitative estimate of drug-likeness (QED) is 0.791. The Morgan fingerprint density at radius 2 is 2.19 bits per heavy atom. The van der Waals surface area contributed by atoms with Crippen LogP contribution < -0.4 is 4.72 Å². The predicted molar refractivity (Wildman–Crippen MR) is 72.1 cm³/mol. The lowest BCUT2D eigenvalue weighted by Crippen LogP contribution is -2.40. The Bertz CT molecular complexity index is 650. The fraction of sp³-hybridized carbons (Fsp3) is 0.500. The second-order valence-corrected chi connectivity index (χ2v) is 6.69. The molecular formula is C12H16N2O6S. The summed E-state index contributed by atoms with van der Waals surface area (Å²) in [6, 6.07) is 2.07. The van der Waals surface area contributed by atoms with Gasteiger partial charge < -0.3 is 14.4 Å². The van der Waals surface area contributed by atoms with Crippen molar-refractivity contribution in [2.75, 3.05) is 12.8 Å². The van der Waals surface area contributed by atoms with Gasteiger partial charge in [-0.3, -0.25) is 4.79 Å². The summed E-state index contributed by atoms with van der Waals surface area (Å²) in [7, 11) is -3.35. The number of aliphatic carboxylic acids is 1. The van der Waals surface area contributed by atoms with Gasteiger partial charge in [0.1, 0.15) is 11.8 Å². The molecule has 9 heteroatoms. The van der Waals surface area contributed by atoms with Crippen molar-refractivity contribution < 1.29 is 27.5 Å². The van der Waals surface area contributed by atoms with Crippen molar-refractivity contribution in [2.45, 2.75) is 25.4 Å². The van der Waals surface area contributed by atoms with Crippen LogP contribution in [0.5, 0.6) is 0 Å². The van der Waals surface area contributed by atoms with Crippen LogP contribution in [-0.2, 0) is 21.4 Å². The topological polar surface area (TPSA) is 117 Å². The zero-order valence-electron chi connectivity index (χ0n) is 11.4. The number of carbonyl (C=O) groups is 2. The third kappa shape index (κ3) is 3.82. The molecule has 116 valence electrons. The molecule has 0 radical (unpaired) electrons. The monoisotopic (exact) mass is 316 g/mol. The molecule has 1 unspecified atom stereocenters. The van der Waals surface area contributed by atoms with E-state index in [4.69, 9.17) is 9.52 Å². The van der Waals surface area contributed by atoms with Crippen LogP contribution in [0, 0.1) is 0 Å². The Labute approximate surface area is 121 Å². The summed E-state index contributed by atoms with van der Waals surface area (Å²) >= 11 is 0. The van der Waals surface area contributed by atoms with Crippen LogP contribution in [0.15, 0.2) is 16.5 Å². The van der Waals surface area contributed by atoms with Gasteiger partial charge in [0, 0.05) is 6.54 Å². The first-order valence-electron chi connectivity index (χ1n) is 6.35. The van der Waals surface area contributed by atoms with Crippen molar-refractivity contribution >= 4 is 21.9 Å². The van der Waals surface area contributed by atoms with E-state index in [1.807, 2.05) is 0 Å². The minimum atomic E-state index is -3.35. The van der Waals surface area contributed by atoms with Gasteiger partial charge in [-0.1, -0.05) is 0 Å². The zero-order chi connectivity index (χ0) is 15.6. The lowest BCUT2D eigenvalue weighted by molar-refractivity contribution is -0.141. The summed E-state index contributed by atoms with van der Waals surface area (Å²) in [5.74, 6) is -1.24. The minimum Gasteiger partial charge on any atom is -0.480 e. The molecule has 0 saturated carbocycles. The van der Waals surface area contributed by atoms with Gasteiger partial charge in [0.2, 0.25) is 10.0 Å². The van der Waals surface area contributed by atoms with Crippen molar-refractivity contribution in [3.8, 4) is 0 Å². The first-order chi connectivity index (χ1) is 9.78. The molecule has 21 heavy (non-hydrogen) atoms. The molecule has 2 N–H and O–H groups in total. The predicted octanol–water partition coefficient (Wildman–Crippen LogP) is 0.0180. The molecule has 2 rings (SSSR count). The van der Waals surface area contributed by atoms with Crippen LogP contribution >= 0.6 is 0 Å². The number of furan rings is 1. The molecule has 8 nitrogen and oxygen atoms in total. The fourth-order valence-electron chi connectivity index (χ4n) is 2.20. The van der Waals surface area contributed by atoms with Crippen molar-refractivity contribution in [3.63, 3.8) is 0 Å². The molecule has 0 aromatic carbocycles.